The molecule has 1 amide bonds. The number of aryl methyl sites for hydroxylation is 1. The molecule has 4 aromatic rings. The number of aromatic nitrogens is 2. The molecule has 0 radical (unpaired) electrons. The average Bonchev–Trinajstić information content (AvgIpc) is 2.93. The van der Waals surface area contributed by atoms with Gasteiger partial charge in [0, 0.05) is 31.6 Å². The van der Waals surface area contributed by atoms with Crippen molar-refractivity contribution in [3.63, 3.8) is 0 Å². The van der Waals surface area contributed by atoms with Gasteiger partial charge in [0.15, 0.2) is 0 Å². The summed E-state index contributed by atoms with van der Waals surface area (Å²) < 4.78 is 0. The molecule has 1 aliphatic rings. The van der Waals surface area contributed by atoms with Gasteiger partial charge in [0.1, 0.15) is 11.6 Å². The number of benzene rings is 3. The Morgan fingerprint density at radius 3 is 2.24 bits per heavy atom. The second kappa shape index (κ2) is 12.5. The van der Waals surface area contributed by atoms with Crippen LogP contribution in [0.4, 0.5) is 5.82 Å². The smallest absolute Gasteiger partial charge is 0.251 e. The predicted octanol–water partition coefficient (Wildman–Crippen LogP) is 6.91. The van der Waals surface area contributed by atoms with Crippen LogP contribution in [0.15, 0.2) is 78.9 Å². The first-order valence-corrected chi connectivity index (χ1v) is 13.3. The maximum Gasteiger partial charge on any atom is 0.251 e. The first-order valence-electron chi connectivity index (χ1n) is 13.3. The summed E-state index contributed by atoms with van der Waals surface area (Å²) in [5.41, 5.74) is 3.86. The minimum Gasteiger partial charge on any atom is -0.362 e. The lowest BCUT2D eigenvalue weighted by Crippen LogP contribution is -2.31. The molecule has 3 aromatic carbocycles. The first-order chi connectivity index (χ1) is 17.9. The van der Waals surface area contributed by atoms with E-state index < -0.39 is 0 Å². The minimum absolute atomic E-state index is 0.0445. The number of rotatable bonds is 5. The number of hydrogen-bond acceptors (Lipinski definition) is 4. The van der Waals surface area contributed by atoms with Crippen LogP contribution < -0.4 is 10.2 Å². The molecule has 37 heavy (non-hydrogen) atoms. The molecule has 1 aromatic heterocycles. The zero-order valence-corrected chi connectivity index (χ0v) is 22.4. The maximum absolute atomic E-state index is 12.6. The van der Waals surface area contributed by atoms with Crippen LogP contribution in [0.5, 0.6) is 0 Å². The Hall–Kier alpha value is -3.73. The molecule has 192 valence electrons. The second-order valence-corrected chi connectivity index (χ2v) is 10.3. The first kappa shape index (κ1) is 26.3. The van der Waals surface area contributed by atoms with E-state index >= 15 is 0 Å². The van der Waals surface area contributed by atoms with Gasteiger partial charge in [-0.1, -0.05) is 80.4 Å². The van der Waals surface area contributed by atoms with Crippen LogP contribution in [0.1, 0.15) is 48.8 Å². The lowest BCUT2D eigenvalue weighted by molar-refractivity contribution is 0.0942. The highest BCUT2D eigenvalue weighted by molar-refractivity contribution is 6.00. The van der Waals surface area contributed by atoms with Gasteiger partial charge in [-0.3, -0.25) is 4.79 Å². The molecule has 0 atom stereocenters. The molecule has 5 rings (SSSR count). The molecule has 1 heterocycles. The van der Waals surface area contributed by atoms with E-state index in [4.69, 9.17) is 0 Å². The number of hydrogen-bond donors (Lipinski definition) is 1. The second-order valence-electron chi connectivity index (χ2n) is 10.3. The number of carbonyl (C=O) groups excluding carboxylic acids is 1. The number of anilines is 1. The van der Waals surface area contributed by atoms with Crippen molar-refractivity contribution < 1.29 is 4.79 Å². The van der Waals surface area contributed by atoms with Crippen molar-refractivity contribution in [1.29, 1.82) is 0 Å². The topological polar surface area (TPSA) is 58.1 Å². The lowest BCUT2D eigenvalue weighted by Gasteiger charge is -2.26. The third-order valence-electron chi connectivity index (χ3n) is 7.06. The van der Waals surface area contributed by atoms with E-state index in [9.17, 15) is 4.79 Å². The van der Waals surface area contributed by atoms with E-state index in [1.807, 2.05) is 92.6 Å². The average molecular weight is 495 g/mol. The Labute approximate surface area is 221 Å². The molecule has 5 nitrogen and oxygen atoms in total. The Balaban J connectivity index is 0.000000195. The summed E-state index contributed by atoms with van der Waals surface area (Å²) in [5, 5.41) is 4.25. The van der Waals surface area contributed by atoms with E-state index in [2.05, 4.69) is 34.3 Å². The monoisotopic (exact) mass is 494 g/mol. The van der Waals surface area contributed by atoms with E-state index in [1.54, 1.807) is 0 Å². The van der Waals surface area contributed by atoms with Crippen LogP contribution in [0.3, 0.4) is 0 Å². The third kappa shape index (κ3) is 6.94. The van der Waals surface area contributed by atoms with Crippen molar-refractivity contribution in [3.05, 3.63) is 90.3 Å². The fourth-order valence-electron chi connectivity index (χ4n) is 4.93. The molecule has 5 heteroatoms. The van der Waals surface area contributed by atoms with Gasteiger partial charge in [-0.2, -0.15) is 0 Å². The highest BCUT2D eigenvalue weighted by Gasteiger charge is 2.19. The summed E-state index contributed by atoms with van der Waals surface area (Å²) in [6.45, 7) is 5.04. The van der Waals surface area contributed by atoms with Crippen LogP contribution in [0.2, 0.25) is 0 Å². The predicted molar refractivity (Wildman–Crippen MR) is 154 cm³/mol. The molecular formula is C32H38N4O. The van der Waals surface area contributed by atoms with Gasteiger partial charge in [0.05, 0.1) is 5.52 Å². The maximum atomic E-state index is 12.6. The largest absolute Gasteiger partial charge is 0.362 e. The van der Waals surface area contributed by atoms with Crippen LogP contribution >= 0.6 is 0 Å². The minimum atomic E-state index is 0.0445. The Morgan fingerprint density at radius 2 is 1.51 bits per heavy atom. The number of para-hydroxylation sites is 1. The van der Waals surface area contributed by atoms with Crippen molar-refractivity contribution in [3.8, 4) is 11.1 Å². The van der Waals surface area contributed by atoms with Gasteiger partial charge in [-0.15, -0.1) is 0 Å². The standard InChI is InChI=1S/C21H25NO.C11H13N3/c1-16-11-13-17(14-12-16)15-22-21(23)20-10-6-5-9-19(20)18-7-3-2-4-8-18;1-8-12-10-7-5-4-6-9(10)11(13-8)14(2)3/h2-10,16-17H,11-15H2,1H3,(H,22,23);4-7H,1-3H3. The molecule has 0 aliphatic heterocycles. The molecular weight excluding hydrogens is 456 g/mol. The van der Waals surface area contributed by atoms with E-state index in [1.165, 1.54) is 25.7 Å². The summed E-state index contributed by atoms with van der Waals surface area (Å²) in [4.78, 5) is 23.4. The molecule has 0 saturated heterocycles. The molecule has 1 aliphatic carbocycles. The highest BCUT2D eigenvalue weighted by atomic mass is 16.1. The molecule has 0 bridgehead atoms. The summed E-state index contributed by atoms with van der Waals surface area (Å²) in [7, 11) is 3.99. The van der Waals surface area contributed by atoms with Gasteiger partial charge in [0.2, 0.25) is 0 Å². The van der Waals surface area contributed by atoms with Crippen molar-refractivity contribution >= 4 is 22.6 Å². The number of amides is 1. The van der Waals surface area contributed by atoms with Crippen LogP contribution in [-0.2, 0) is 0 Å². The number of nitrogens with one attached hydrogen (secondary N) is 1. The fourth-order valence-corrected chi connectivity index (χ4v) is 4.93. The van der Waals surface area contributed by atoms with Gasteiger partial charge in [-0.25, -0.2) is 9.97 Å². The Kier molecular flexibility index (Phi) is 8.89. The summed E-state index contributed by atoms with van der Waals surface area (Å²) in [6.07, 6.45) is 5.06. The zero-order valence-electron chi connectivity index (χ0n) is 22.4. The Morgan fingerprint density at radius 1 is 0.865 bits per heavy atom. The van der Waals surface area contributed by atoms with Gasteiger partial charge >= 0.3 is 0 Å². The van der Waals surface area contributed by atoms with Crippen molar-refractivity contribution in [1.82, 2.24) is 15.3 Å². The SMILES string of the molecule is CC1CCC(CNC(=O)c2ccccc2-c2ccccc2)CC1.Cc1nc(N(C)C)c2ccccc2n1. The number of carbonyl (C=O) groups is 1. The van der Waals surface area contributed by atoms with E-state index in [0.717, 1.165) is 51.7 Å². The van der Waals surface area contributed by atoms with E-state index in [-0.39, 0.29) is 5.91 Å². The van der Waals surface area contributed by atoms with Gasteiger partial charge in [0.25, 0.3) is 5.91 Å². The quantitative estimate of drug-likeness (QED) is 0.327. The molecule has 1 saturated carbocycles. The van der Waals surface area contributed by atoms with Crippen LogP contribution in [0.25, 0.3) is 22.0 Å². The van der Waals surface area contributed by atoms with Crippen LogP contribution in [-0.4, -0.2) is 36.5 Å². The summed E-state index contributed by atoms with van der Waals surface area (Å²) in [5.74, 6) is 3.32. The fraction of sp³-hybridized carbons (Fsp3) is 0.344. The molecule has 1 fully saturated rings. The normalized spacial score (nSPS) is 17.0. The van der Waals surface area contributed by atoms with Crippen molar-refractivity contribution in [2.24, 2.45) is 11.8 Å². The van der Waals surface area contributed by atoms with Crippen molar-refractivity contribution in [2.45, 2.75) is 39.5 Å². The zero-order chi connectivity index (χ0) is 26.2. The molecule has 0 spiro atoms. The number of nitrogens with zero attached hydrogens (tertiary/aromatic N) is 3. The summed E-state index contributed by atoms with van der Waals surface area (Å²) in [6, 6.07) is 26.0. The number of fused-ring (bicyclic) bond motifs is 1. The van der Waals surface area contributed by atoms with Gasteiger partial charge in [-0.05, 0) is 60.9 Å². The molecule has 0 unspecified atom stereocenters. The van der Waals surface area contributed by atoms with Gasteiger partial charge < -0.3 is 10.2 Å². The summed E-state index contributed by atoms with van der Waals surface area (Å²) >= 11 is 0. The van der Waals surface area contributed by atoms with E-state index in [0.29, 0.717) is 5.92 Å². The highest BCUT2D eigenvalue weighted by Crippen LogP contribution is 2.28. The Bertz CT molecular complexity index is 1310. The third-order valence-corrected chi connectivity index (χ3v) is 7.06. The van der Waals surface area contributed by atoms with Crippen LogP contribution in [0, 0.1) is 18.8 Å². The molecule has 1 N–H and O–H groups in total. The van der Waals surface area contributed by atoms with Crippen molar-refractivity contribution in [2.75, 3.05) is 25.5 Å². The lowest BCUT2D eigenvalue weighted by atomic mass is 9.83.